The molecule has 1 fully saturated rings. The normalized spacial score (nSPS) is 22.6. The van der Waals surface area contributed by atoms with Crippen molar-refractivity contribution in [1.82, 2.24) is 0 Å². The summed E-state index contributed by atoms with van der Waals surface area (Å²) in [4.78, 5) is 2.39. The summed E-state index contributed by atoms with van der Waals surface area (Å²) in [5.74, 6) is 0.757. The molecule has 0 bridgehead atoms. The summed E-state index contributed by atoms with van der Waals surface area (Å²) in [6.45, 7) is 6.50. The van der Waals surface area contributed by atoms with E-state index >= 15 is 0 Å². The fraction of sp³-hybridized carbons (Fsp3) is 0.571. The fourth-order valence-electron chi connectivity index (χ4n) is 2.47. The number of nitrogens with zero attached hydrogens (tertiary/aromatic N) is 1. The van der Waals surface area contributed by atoms with Crippen LogP contribution in [0.1, 0.15) is 38.3 Å². The van der Waals surface area contributed by atoms with E-state index in [1.54, 1.807) is 0 Å². The third-order valence-corrected chi connectivity index (χ3v) is 3.80. The highest BCUT2D eigenvalue weighted by atomic mass is 35.5. The Bertz CT molecular complexity index is 390. The predicted octanol–water partition coefficient (Wildman–Crippen LogP) is 3.60. The molecule has 2 N–H and O–H groups in total. The van der Waals surface area contributed by atoms with Gasteiger partial charge in [-0.15, -0.1) is 0 Å². The van der Waals surface area contributed by atoms with Crippen molar-refractivity contribution in [1.29, 1.82) is 0 Å². The monoisotopic (exact) mass is 252 g/mol. The van der Waals surface area contributed by atoms with Gasteiger partial charge in [-0.1, -0.05) is 24.6 Å². The van der Waals surface area contributed by atoms with Crippen LogP contribution in [0.2, 0.25) is 5.02 Å². The van der Waals surface area contributed by atoms with Gasteiger partial charge in [0.25, 0.3) is 0 Å². The van der Waals surface area contributed by atoms with Gasteiger partial charge in [-0.2, -0.15) is 0 Å². The average Bonchev–Trinajstić information content (AvgIpc) is 2.28. The molecular weight excluding hydrogens is 232 g/mol. The van der Waals surface area contributed by atoms with Crippen LogP contribution in [0.5, 0.6) is 0 Å². The second-order valence-electron chi connectivity index (χ2n) is 5.19. The van der Waals surface area contributed by atoms with Crippen molar-refractivity contribution in [3.8, 4) is 0 Å². The first kappa shape index (κ1) is 12.7. The summed E-state index contributed by atoms with van der Waals surface area (Å²) in [5.41, 5.74) is 8.12. The second-order valence-corrected chi connectivity index (χ2v) is 5.60. The first-order chi connectivity index (χ1) is 8.08. The van der Waals surface area contributed by atoms with Gasteiger partial charge in [-0.3, -0.25) is 0 Å². The molecule has 1 aliphatic heterocycles. The molecule has 0 aromatic heterocycles. The molecule has 2 unspecified atom stereocenters. The van der Waals surface area contributed by atoms with Crippen molar-refractivity contribution < 1.29 is 0 Å². The highest BCUT2D eigenvalue weighted by Crippen LogP contribution is 2.31. The summed E-state index contributed by atoms with van der Waals surface area (Å²) in [7, 11) is 0. The van der Waals surface area contributed by atoms with Gasteiger partial charge in [-0.05, 0) is 43.4 Å². The van der Waals surface area contributed by atoms with Gasteiger partial charge >= 0.3 is 0 Å². The maximum Gasteiger partial charge on any atom is 0.0642 e. The molecule has 1 heterocycles. The van der Waals surface area contributed by atoms with E-state index in [9.17, 15) is 0 Å². The van der Waals surface area contributed by atoms with Gasteiger partial charge in [0.2, 0.25) is 0 Å². The zero-order valence-corrected chi connectivity index (χ0v) is 11.4. The number of piperidine rings is 1. The van der Waals surface area contributed by atoms with Crippen LogP contribution in [0.25, 0.3) is 0 Å². The van der Waals surface area contributed by atoms with Crippen molar-refractivity contribution >= 4 is 17.3 Å². The lowest BCUT2D eigenvalue weighted by atomic mass is 9.99. The first-order valence-corrected chi connectivity index (χ1v) is 6.75. The molecule has 1 aromatic carbocycles. The molecule has 2 atom stereocenters. The van der Waals surface area contributed by atoms with Crippen LogP contribution in [0.3, 0.4) is 0 Å². The zero-order valence-electron chi connectivity index (χ0n) is 10.6. The molecule has 94 valence electrons. The van der Waals surface area contributed by atoms with Crippen LogP contribution in [0.15, 0.2) is 18.2 Å². The SMILES string of the molecule is CC1CCCN(c2ccc(C(C)N)cc2Cl)C1. The zero-order chi connectivity index (χ0) is 12.4. The molecule has 2 rings (SSSR count). The van der Waals surface area contributed by atoms with Crippen molar-refractivity contribution in [2.24, 2.45) is 11.7 Å². The van der Waals surface area contributed by atoms with Gasteiger partial charge in [0.15, 0.2) is 0 Å². The molecule has 0 aliphatic carbocycles. The molecule has 1 saturated heterocycles. The molecule has 3 heteroatoms. The first-order valence-electron chi connectivity index (χ1n) is 6.38. The van der Waals surface area contributed by atoms with Crippen LogP contribution >= 0.6 is 11.6 Å². The predicted molar refractivity (Wildman–Crippen MR) is 74.7 cm³/mol. The topological polar surface area (TPSA) is 29.3 Å². The van der Waals surface area contributed by atoms with E-state index in [1.165, 1.54) is 12.8 Å². The maximum absolute atomic E-state index is 6.36. The summed E-state index contributed by atoms with van der Waals surface area (Å²) in [6.07, 6.45) is 2.58. The molecule has 0 radical (unpaired) electrons. The average molecular weight is 253 g/mol. The van der Waals surface area contributed by atoms with Gasteiger partial charge in [0.05, 0.1) is 10.7 Å². The minimum atomic E-state index is 0.0434. The molecule has 0 spiro atoms. The van der Waals surface area contributed by atoms with Crippen LogP contribution in [0.4, 0.5) is 5.69 Å². The van der Waals surface area contributed by atoms with Crippen molar-refractivity contribution in [3.05, 3.63) is 28.8 Å². The lowest BCUT2D eigenvalue weighted by molar-refractivity contribution is 0.447. The standard InChI is InChI=1S/C14H21ClN2/c1-10-4-3-7-17(9-10)14-6-5-12(11(2)16)8-13(14)15/h5-6,8,10-11H,3-4,7,9,16H2,1-2H3. The van der Waals surface area contributed by atoms with E-state index in [-0.39, 0.29) is 6.04 Å². The lowest BCUT2D eigenvalue weighted by Gasteiger charge is -2.33. The van der Waals surface area contributed by atoms with Crippen molar-refractivity contribution in [2.45, 2.75) is 32.7 Å². The maximum atomic E-state index is 6.36. The Hall–Kier alpha value is -0.730. The minimum absolute atomic E-state index is 0.0434. The number of benzene rings is 1. The van der Waals surface area contributed by atoms with Crippen LogP contribution in [-0.4, -0.2) is 13.1 Å². The number of hydrogen-bond donors (Lipinski definition) is 1. The van der Waals surface area contributed by atoms with Crippen LogP contribution in [-0.2, 0) is 0 Å². The van der Waals surface area contributed by atoms with Gasteiger partial charge in [-0.25, -0.2) is 0 Å². The highest BCUT2D eigenvalue weighted by molar-refractivity contribution is 6.33. The molecular formula is C14H21ClN2. The van der Waals surface area contributed by atoms with E-state index in [1.807, 2.05) is 13.0 Å². The van der Waals surface area contributed by atoms with E-state index in [4.69, 9.17) is 17.3 Å². The number of rotatable bonds is 2. The highest BCUT2D eigenvalue weighted by Gasteiger charge is 2.18. The van der Waals surface area contributed by atoms with Crippen molar-refractivity contribution in [2.75, 3.05) is 18.0 Å². The van der Waals surface area contributed by atoms with Gasteiger partial charge < -0.3 is 10.6 Å². The van der Waals surface area contributed by atoms with E-state index in [0.29, 0.717) is 0 Å². The Kier molecular flexibility index (Phi) is 3.95. The molecule has 0 amide bonds. The van der Waals surface area contributed by atoms with Gasteiger partial charge in [0.1, 0.15) is 0 Å². The Morgan fingerprint density at radius 1 is 1.47 bits per heavy atom. The third kappa shape index (κ3) is 2.93. The molecule has 2 nitrogen and oxygen atoms in total. The smallest absolute Gasteiger partial charge is 0.0642 e. The summed E-state index contributed by atoms with van der Waals surface area (Å²) in [5, 5.41) is 0.828. The van der Waals surface area contributed by atoms with Crippen LogP contribution in [0, 0.1) is 5.92 Å². The Morgan fingerprint density at radius 3 is 2.82 bits per heavy atom. The lowest BCUT2D eigenvalue weighted by Crippen LogP contribution is -2.34. The van der Waals surface area contributed by atoms with Gasteiger partial charge in [0, 0.05) is 19.1 Å². The second kappa shape index (κ2) is 5.28. The van der Waals surface area contributed by atoms with Crippen molar-refractivity contribution in [3.63, 3.8) is 0 Å². The fourth-order valence-corrected chi connectivity index (χ4v) is 2.78. The Labute approximate surface area is 109 Å². The largest absolute Gasteiger partial charge is 0.370 e. The number of hydrogen-bond acceptors (Lipinski definition) is 2. The molecule has 0 saturated carbocycles. The minimum Gasteiger partial charge on any atom is -0.370 e. The third-order valence-electron chi connectivity index (χ3n) is 3.50. The Morgan fingerprint density at radius 2 is 2.24 bits per heavy atom. The molecule has 1 aliphatic rings. The number of nitrogens with two attached hydrogens (primary N) is 1. The summed E-state index contributed by atoms with van der Waals surface area (Å²) < 4.78 is 0. The van der Waals surface area contributed by atoms with Crippen LogP contribution < -0.4 is 10.6 Å². The quantitative estimate of drug-likeness (QED) is 0.872. The van der Waals surface area contributed by atoms with E-state index in [0.717, 1.165) is 35.3 Å². The number of anilines is 1. The molecule has 17 heavy (non-hydrogen) atoms. The summed E-state index contributed by atoms with van der Waals surface area (Å²) >= 11 is 6.36. The van der Waals surface area contributed by atoms with E-state index in [2.05, 4.69) is 24.0 Å². The Balaban J connectivity index is 2.21. The molecule has 1 aromatic rings. The number of halogens is 1. The van der Waals surface area contributed by atoms with E-state index < -0.39 is 0 Å². The summed E-state index contributed by atoms with van der Waals surface area (Å²) in [6, 6.07) is 6.24.